The molecule has 1 saturated heterocycles. The number of likely N-dealkylation sites (tertiary alicyclic amines) is 1. The second-order valence-electron chi connectivity index (χ2n) is 8.22. The number of halogens is 2. The van der Waals surface area contributed by atoms with E-state index in [4.69, 9.17) is 16.6 Å². The molecule has 1 aliphatic heterocycles. The van der Waals surface area contributed by atoms with E-state index in [0.717, 1.165) is 45.6 Å². The molecule has 1 aliphatic rings. The smallest absolute Gasteiger partial charge is 0.246 e. The summed E-state index contributed by atoms with van der Waals surface area (Å²) in [7, 11) is 0. The summed E-state index contributed by atoms with van der Waals surface area (Å²) >= 11 is 9.99. The zero-order valence-electron chi connectivity index (χ0n) is 18.4. The quantitative estimate of drug-likeness (QED) is 0.321. The first kappa shape index (κ1) is 22.6. The summed E-state index contributed by atoms with van der Waals surface area (Å²) in [6.07, 6.45) is 6.96. The summed E-state index contributed by atoms with van der Waals surface area (Å²) in [5.41, 5.74) is 3.39. The molecule has 1 fully saturated rings. The summed E-state index contributed by atoms with van der Waals surface area (Å²) in [4.78, 5) is 19.3. The number of fused-ring (bicyclic) bond motifs is 1. The largest absolute Gasteiger partial charge is 0.367 e. The van der Waals surface area contributed by atoms with Crippen LogP contribution in [0, 0.1) is 0 Å². The topological polar surface area (TPSA) is 62.5 Å². The lowest BCUT2D eigenvalue weighted by molar-refractivity contribution is -0.126. The van der Waals surface area contributed by atoms with E-state index in [1.165, 1.54) is 0 Å². The summed E-state index contributed by atoms with van der Waals surface area (Å²) in [5.74, 6) is 0.894. The Morgan fingerprint density at radius 3 is 2.59 bits per heavy atom. The van der Waals surface area contributed by atoms with Crippen LogP contribution in [0.25, 0.3) is 23.0 Å². The lowest BCUT2D eigenvalue weighted by atomic mass is 10.0. The number of hydrogen-bond acceptors (Lipinski definition) is 4. The fraction of sp³-hybridized carbons (Fsp3) is 0.192. The molecule has 5 rings (SSSR count). The van der Waals surface area contributed by atoms with Gasteiger partial charge in [0.1, 0.15) is 5.82 Å². The Morgan fingerprint density at radius 1 is 1.09 bits per heavy atom. The van der Waals surface area contributed by atoms with Crippen molar-refractivity contribution >= 4 is 51.0 Å². The van der Waals surface area contributed by atoms with Crippen molar-refractivity contribution in [2.75, 3.05) is 18.4 Å². The van der Waals surface area contributed by atoms with Crippen LogP contribution in [0.4, 0.5) is 5.82 Å². The molecular formula is C26H23BrClN5O. The third-order valence-electron chi connectivity index (χ3n) is 5.96. The van der Waals surface area contributed by atoms with E-state index in [1.54, 1.807) is 16.8 Å². The second-order valence-corrected chi connectivity index (χ2v) is 9.48. The number of hydrogen-bond donors (Lipinski definition) is 1. The molecule has 8 heteroatoms. The summed E-state index contributed by atoms with van der Waals surface area (Å²) in [6, 6.07) is 19.7. The van der Waals surface area contributed by atoms with Crippen LogP contribution in [0.5, 0.6) is 0 Å². The fourth-order valence-corrected chi connectivity index (χ4v) is 4.72. The van der Waals surface area contributed by atoms with Crippen molar-refractivity contribution < 1.29 is 4.79 Å². The van der Waals surface area contributed by atoms with Crippen LogP contribution in [-0.2, 0) is 4.79 Å². The predicted octanol–water partition coefficient (Wildman–Crippen LogP) is 5.93. The normalized spacial score (nSPS) is 14.7. The molecule has 6 nitrogen and oxygen atoms in total. The number of amides is 1. The molecule has 3 heterocycles. The minimum atomic E-state index is 0.0469. The molecule has 0 bridgehead atoms. The molecule has 0 saturated carbocycles. The van der Waals surface area contributed by atoms with Gasteiger partial charge in [0.25, 0.3) is 0 Å². The Bertz CT molecular complexity index is 1350. The lowest BCUT2D eigenvalue weighted by Gasteiger charge is -2.32. The van der Waals surface area contributed by atoms with E-state index in [1.807, 2.05) is 71.6 Å². The van der Waals surface area contributed by atoms with Gasteiger partial charge < -0.3 is 10.2 Å². The molecule has 1 N–H and O–H groups in total. The number of piperidine rings is 1. The first-order chi connectivity index (χ1) is 16.6. The van der Waals surface area contributed by atoms with Crippen LogP contribution in [0.15, 0.2) is 77.4 Å². The van der Waals surface area contributed by atoms with Crippen LogP contribution >= 0.6 is 27.5 Å². The SMILES string of the molecule is O=C(/C=C/c1ccccc1)N1CCC(Nc2cc(-c3ccccc3Cl)nc3c(Br)cnn23)CC1. The van der Waals surface area contributed by atoms with Crippen LogP contribution in [0.3, 0.4) is 0 Å². The maximum Gasteiger partial charge on any atom is 0.246 e. The lowest BCUT2D eigenvalue weighted by Crippen LogP contribution is -2.42. The third kappa shape index (κ3) is 4.86. The van der Waals surface area contributed by atoms with Crippen molar-refractivity contribution in [2.24, 2.45) is 0 Å². The van der Waals surface area contributed by atoms with E-state index in [0.29, 0.717) is 18.1 Å². The van der Waals surface area contributed by atoms with Gasteiger partial charge in [-0.15, -0.1) is 0 Å². The monoisotopic (exact) mass is 535 g/mol. The minimum Gasteiger partial charge on any atom is -0.367 e. The summed E-state index contributed by atoms with van der Waals surface area (Å²) in [5, 5.41) is 8.75. The van der Waals surface area contributed by atoms with Gasteiger partial charge in [0, 0.05) is 41.9 Å². The molecular weight excluding hydrogens is 514 g/mol. The van der Waals surface area contributed by atoms with E-state index in [9.17, 15) is 4.79 Å². The number of nitrogens with zero attached hydrogens (tertiary/aromatic N) is 4. The zero-order chi connectivity index (χ0) is 23.5. The molecule has 172 valence electrons. The van der Waals surface area contributed by atoms with Gasteiger partial charge in [-0.1, -0.05) is 60.1 Å². The Morgan fingerprint density at radius 2 is 1.82 bits per heavy atom. The van der Waals surface area contributed by atoms with Crippen LogP contribution < -0.4 is 5.32 Å². The van der Waals surface area contributed by atoms with Gasteiger partial charge in [-0.3, -0.25) is 4.79 Å². The molecule has 0 spiro atoms. The number of anilines is 1. The van der Waals surface area contributed by atoms with Gasteiger partial charge in [0.2, 0.25) is 5.91 Å². The Kier molecular flexibility index (Phi) is 6.65. The van der Waals surface area contributed by atoms with Gasteiger partial charge in [-0.2, -0.15) is 9.61 Å². The number of aromatic nitrogens is 3. The van der Waals surface area contributed by atoms with E-state index >= 15 is 0 Å². The summed E-state index contributed by atoms with van der Waals surface area (Å²) < 4.78 is 2.61. The molecule has 4 aromatic rings. The van der Waals surface area contributed by atoms with Gasteiger partial charge in [0.15, 0.2) is 5.65 Å². The van der Waals surface area contributed by atoms with Gasteiger partial charge in [0.05, 0.1) is 16.4 Å². The number of carbonyl (C=O) groups is 1. The van der Waals surface area contributed by atoms with Crippen LogP contribution in [-0.4, -0.2) is 44.5 Å². The highest BCUT2D eigenvalue weighted by Crippen LogP contribution is 2.31. The van der Waals surface area contributed by atoms with Crippen molar-refractivity contribution in [3.8, 4) is 11.3 Å². The molecule has 0 aliphatic carbocycles. The maximum atomic E-state index is 12.6. The first-order valence-electron chi connectivity index (χ1n) is 11.2. The van der Waals surface area contributed by atoms with Gasteiger partial charge in [-0.05, 0) is 46.5 Å². The van der Waals surface area contributed by atoms with E-state index in [2.05, 4.69) is 26.3 Å². The average Bonchev–Trinajstić information content (AvgIpc) is 3.25. The van der Waals surface area contributed by atoms with Crippen molar-refractivity contribution in [1.82, 2.24) is 19.5 Å². The highest BCUT2D eigenvalue weighted by Gasteiger charge is 2.23. The van der Waals surface area contributed by atoms with Gasteiger partial charge in [-0.25, -0.2) is 4.98 Å². The second kappa shape index (κ2) is 9.99. The third-order valence-corrected chi connectivity index (χ3v) is 6.84. The first-order valence-corrected chi connectivity index (χ1v) is 12.3. The average molecular weight is 537 g/mol. The fourth-order valence-electron chi connectivity index (χ4n) is 4.14. The maximum absolute atomic E-state index is 12.6. The molecule has 2 aromatic carbocycles. The number of benzene rings is 2. The number of carbonyl (C=O) groups excluding carboxylic acids is 1. The molecule has 34 heavy (non-hydrogen) atoms. The standard InChI is InChI=1S/C26H23BrClN5O/c27-21-17-29-33-24(16-23(31-26(21)33)20-8-4-5-9-22(20)28)30-19-12-14-32(15-13-19)25(34)11-10-18-6-2-1-3-7-18/h1-11,16-17,19,30H,12-15H2/b11-10+. The Balaban J connectivity index is 1.30. The minimum absolute atomic E-state index is 0.0469. The predicted molar refractivity (Wildman–Crippen MR) is 140 cm³/mol. The highest BCUT2D eigenvalue weighted by molar-refractivity contribution is 9.10. The number of rotatable bonds is 5. The highest BCUT2D eigenvalue weighted by atomic mass is 79.9. The number of nitrogens with one attached hydrogen (secondary N) is 1. The van der Waals surface area contributed by atoms with Crippen molar-refractivity contribution in [2.45, 2.75) is 18.9 Å². The molecule has 0 atom stereocenters. The van der Waals surface area contributed by atoms with Crippen molar-refractivity contribution in [3.63, 3.8) is 0 Å². The Hall–Kier alpha value is -3.16. The summed E-state index contributed by atoms with van der Waals surface area (Å²) in [6.45, 7) is 1.40. The molecule has 1 amide bonds. The van der Waals surface area contributed by atoms with Crippen LogP contribution in [0.2, 0.25) is 5.02 Å². The Labute approximate surface area is 211 Å². The van der Waals surface area contributed by atoms with Crippen molar-refractivity contribution in [3.05, 3.63) is 88.0 Å². The van der Waals surface area contributed by atoms with E-state index < -0.39 is 0 Å². The van der Waals surface area contributed by atoms with Gasteiger partial charge >= 0.3 is 0 Å². The molecule has 2 aromatic heterocycles. The molecule has 0 unspecified atom stereocenters. The van der Waals surface area contributed by atoms with Crippen LogP contribution in [0.1, 0.15) is 18.4 Å². The van der Waals surface area contributed by atoms with Crippen molar-refractivity contribution in [1.29, 1.82) is 0 Å². The molecule has 0 radical (unpaired) electrons. The zero-order valence-corrected chi connectivity index (χ0v) is 20.7. The van der Waals surface area contributed by atoms with E-state index in [-0.39, 0.29) is 11.9 Å².